The summed E-state index contributed by atoms with van der Waals surface area (Å²) in [5, 5.41) is 3.55. The minimum atomic E-state index is 0.698. The zero-order valence-electron chi connectivity index (χ0n) is 10.8. The van der Waals surface area contributed by atoms with Crippen molar-refractivity contribution in [2.75, 3.05) is 31.7 Å². The molecule has 94 valence electrons. The van der Waals surface area contributed by atoms with Gasteiger partial charge in [-0.25, -0.2) is 0 Å². The van der Waals surface area contributed by atoms with Gasteiger partial charge in [0.25, 0.3) is 0 Å². The van der Waals surface area contributed by atoms with E-state index in [0.717, 1.165) is 6.54 Å². The third-order valence-electron chi connectivity index (χ3n) is 3.55. The first-order chi connectivity index (χ1) is 8.29. The number of benzene rings is 1. The van der Waals surface area contributed by atoms with Gasteiger partial charge in [0.05, 0.1) is 0 Å². The molecule has 2 nitrogen and oxygen atoms in total. The van der Waals surface area contributed by atoms with E-state index in [9.17, 15) is 0 Å². The van der Waals surface area contributed by atoms with Gasteiger partial charge in [0.15, 0.2) is 0 Å². The highest BCUT2D eigenvalue weighted by Crippen LogP contribution is 2.19. The summed E-state index contributed by atoms with van der Waals surface area (Å²) in [6.45, 7) is 2.31. The van der Waals surface area contributed by atoms with Gasteiger partial charge < -0.3 is 10.2 Å². The second-order valence-corrected chi connectivity index (χ2v) is 5.62. The van der Waals surface area contributed by atoms with E-state index < -0.39 is 0 Å². The molecule has 1 aliphatic rings. The Morgan fingerprint density at radius 1 is 1.29 bits per heavy atom. The average molecular weight is 250 g/mol. The maximum atomic E-state index is 3.55. The van der Waals surface area contributed by atoms with Crippen molar-refractivity contribution in [1.29, 1.82) is 0 Å². The summed E-state index contributed by atoms with van der Waals surface area (Å²) in [5.41, 5.74) is 1.24. The molecule has 1 N–H and O–H groups in total. The minimum Gasteiger partial charge on any atom is -0.383 e. The Labute approximate surface area is 109 Å². The van der Waals surface area contributed by atoms with Crippen LogP contribution in [-0.4, -0.2) is 37.3 Å². The SMILES string of the molecule is CSc1ccc(NCC2CCCCN2C)cc1. The maximum Gasteiger partial charge on any atom is 0.0341 e. The average Bonchev–Trinajstić information content (AvgIpc) is 2.38. The third-order valence-corrected chi connectivity index (χ3v) is 4.30. The van der Waals surface area contributed by atoms with Crippen molar-refractivity contribution >= 4 is 17.4 Å². The number of likely N-dealkylation sites (N-methyl/N-ethyl adjacent to an activating group) is 1. The number of thioether (sulfide) groups is 1. The maximum absolute atomic E-state index is 3.55. The van der Waals surface area contributed by atoms with Crippen LogP contribution >= 0.6 is 11.8 Å². The van der Waals surface area contributed by atoms with Gasteiger partial charge in [0.1, 0.15) is 0 Å². The Balaban J connectivity index is 1.84. The van der Waals surface area contributed by atoms with Crippen LogP contribution in [0.15, 0.2) is 29.2 Å². The fraction of sp³-hybridized carbons (Fsp3) is 0.571. The molecule has 0 amide bonds. The molecule has 0 aliphatic carbocycles. The first-order valence-corrected chi connectivity index (χ1v) is 7.60. The van der Waals surface area contributed by atoms with Crippen LogP contribution in [0.25, 0.3) is 0 Å². The van der Waals surface area contributed by atoms with E-state index >= 15 is 0 Å². The summed E-state index contributed by atoms with van der Waals surface area (Å²) < 4.78 is 0. The molecule has 0 saturated carbocycles. The van der Waals surface area contributed by atoms with Crippen LogP contribution in [0.2, 0.25) is 0 Å². The molecule has 1 aliphatic heterocycles. The Morgan fingerprint density at radius 3 is 2.71 bits per heavy atom. The van der Waals surface area contributed by atoms with Crippen molar-refractivity contribution in [3.05, 3.63) is 24.3 Å². The Bertz CT molecular complexity index is 337. The van der Waals surface area contributed by atoms with Gasteiger partial charge in [0.2, 0.25) is 0 Å². The van der Waals surface area contributed by atoms with Crippen molar-refractivity contribution in [3.8, 4) is 0 Å². The van der Waals surface area contributed by atoms with E-state index in [0.29, 0.717) is 6.04 Å². The summed E-state index contributed by atoms with van der Waals surface area (Å²) in [7, 11) is 2.24. The zero-order valence-corrected chi connectivity index (χ0v) is 11.6. The van der Waals surface area contributed by atoms with Crippen LogP contribution in [-0.2, 0) is 0 Å². The highest BCUT2D eigenvalue weighted by atomic mass is 32.2. The lowest BCUT2D eigenvalue weighted by Gasteiger charge is -2.32. The van der Waals surface area contributed by atoms with E-state index in [4.69, 9.17) is 0 Å². The number of likely N-dealkylation sites (tertiary alicyclic amines) is 1. The van der Waals surface area contributed by atoms with Crippen molar-refractivity contribution in [2.45, 2.75) is 30.2 Å². The molecule has 3 heteroatoms. The lowest BCUT2D eigenvalue weighted by molar-refractivity contribution is 0.194. The molecular formula is C14H22N2S. The van der Waals surface area contributed by atoms with Gasteiger partial charge in [-0.05, 0) is 57.0 Å². The number of hydrogen-bond donors (Lipinski definition) is 1. The zero-order chi connectivity index (χ0) is 12.1. The van der Waals surface area contributed by atoms with Gasteiger partial charge in [-0.3, -0.25) is 0 Å². The number of piperidine rings is 1. The standard InChI is InChI=1S/C14H22N2S/c1-16-10-4-3-5-13(16)11-15-12-6-8-14(17-2)9-7-12/h6-9,13,15H,3-5,10-11H2,1-2H3. The molecule has 1 unspecified atom stereocenters. The van der Waals surface area contributed by atoms with Gasteiger partial charge >= 0.3 is 0 Å². The number of nitrogens with one attached hydrogen (secondary N) is 1. The Kier molecular flexibility index (Phi) is 4.75. The predicted molar refractivity (Wildman–Crippen MR) is 77.0 cm³/mol. The largest absolute Gasteiger partial charge is 0.383 e. The van der Waals surface area contributed by atoms with Crippen molar-refractivity contribution in [3.63, 3.8) is 0 Å². The molecule has 0 radical (unpaired) electrons. The van der Waals surface area contributed by atoms with Crippen LogP contribution in [0.3, 0.4) is 0 Å². The van der Waals surface area contributed by atoms with E-state index in [-0.39, 0.29) is 0 Å². The summed E-state index contributed by atoms with van der Waals surface area (Å²) in [4.78, 5) is 3.80. The first kappa shape index (κ1) is 12.8. The topological polar surface area (TPSA) is 15.3 Å². The second-order valence-electron chi connectivity index (χ2n) is 4.74. The summed E-state index contributed by atoms with van der Waals surface area (Å²) in [6, 6.07) is 9.40. The number of hydrogen-bond acceptors (Lipinski definition) is 3. The molecule has 0 aromatic heterocycles. The Morgan fingerprint density at radius 2 is 2.06 bits per heavy atom. The smallest absolute Gasteiger partial charge is 0.0341 e. The fourth-order valence-electron chi connectivity index (χ4n) is 2.35. The summed E-state index contributed by atoms with van der Waals surface area (Å²) >= 11 is 1.79. The molecule has 0 spiro atoms. The lowest BCUT2D eigenvalue weighted by Crippen LogP contribution is -2.40. The fourth-order valence-corrected chi connectivity index (χ4v) is 2.75. The monoisotopic (exact) mass is 250 g/mol. The van der Waals surface area contributed by atoms with Crippen LogP contribution in [0.5, 0.6) is 0 Å². The molecule has 1 aromatic rings. The predicted octanol–water partition coefficient (Wildman–Crippen LogP) is 3.30. The molecule has 1 heterocycles. The highest BCUT2D eigenvalue weighted by molar-refractivity contribution is 7.98. The minimum absolute atomic E-state index is 0.698. The Hall–Kier alpha value is -0.670. The second kappa shape index (κ2) is 6.31. The third kappa shape index (κ3) is 3.65. The molecule has 17 heavy (non-hydrogen) atoms. The highest BCUT2D eigenvalue weighted by Gasteiger charge is 2.17. The number of nitrogens with zero attached hydrogens (tertiary/aromatic N) is 1. The van der Waals surface area contributed by atoms with Gasteiger partial charge in [-0.15, -0.1) is 11.8 Å². The normalized spacial score (nSPS) is 21.4. The van der Waals surface area contributed by atoms with E-state index in [1.165, 1.54) is 36.4 Å². The van der Waals surface area contributed by atoms with Crippen LogP contribution < -0.4 is 5.32 Å². The van der Waals surface area contributed by atoms with E-state index in [2.05, 4.69) is 47.8 Å². The lowest BCUT2D eigenvalue weighted by atomic mass is 10.0. The number of anilines is 1. The molecule has 1 fully saturated rings. The number of rotatable bonds is 4. The van der Waals surface area contributed by atoms with Gasteiger partial charge in [-0.2, -0.15) is 0 Å². The molecular weight excluding hydrogens is 228 g/mol. The van der Waals surface area contributed by atoms with Crippen molar-refractivity contribution < 1.29 is 0 Å². The molecule has 1 saturated heterocycles. The van der Waals surface area contributed by atoms with E-state index in [1.807, 2.05) is 0 Å². The van der Waals surface area contributed by atoms with Crippen LogP contribution in [0.4, 0.5) is 5.69 Å². The molecule has 1 atom stereocenters. The van der Waals surface area contributed by atoms with Crippen LogP contribution in [0.1, 0.15) is 19.3 Å². The van der Waals surface area contributed by atoms with Crippen molar-refractivity contribution in [1.82, 2.24) is 4.90 Å². The van der Waals surface area contributed by atoms with Gasteiger partial charge in [-0.1, -0.05) is 6.42 Å². The van der Waals surface area contributed by atoms with Gasteiger partial charge in [0, 0.05) is 23.2 Å². The van der Waals surface area contributed by atoms with Crippen molar-refractivity contribution in [2.24, 2.45) is 0 Å². The molecule has 1 aromatic carbocycles. The summed E-state index contributed by atoms with van der Waals surface area (Å²) in [5.74, 6) is 0. The molecule has 2 rings (SSSR count). The first-order valence-electron chi connectivity index (χ1n) is 6.38. The van der Waals surface area contributed by atoms with Crippen LogP contribution in [0, 0.1) is 0 Å². The van der Waals surface area contributed by atoms with E-state index in [1.54, 1.807) is 11.8 Å². The quantitative estimate of drug-likeness (QED) is 0.825. The molecule has 0 bridgehead atoms. The summed E-state index contributed by atoms with van der Waals surface area (Å²) in [6.07, 6.45) is 6.17.